The second kappa shape index (κ2) is 8.15. The fourth-order valence-corrected chi connectivity index (χ4v) is 4.37. The van der Waals surface area contributed by atoms with Crippen LogP contribution in [0, 0.1) is 13.8 Å². The minimum absolute atomic E-state index is 0.0527. The maximum Gasteiger partial charge on any atom is 0.264 e. The van der Waals surface area contributed by atoms with E-state index in [0.717, 1.165) is 28.5 Å². The lowest BCUT2D eigenvalue weighted by atomic mass is 10.1. The second-order valence-corrected chi connectivity index (χ2v) is 8.94. The minimum atomic E-state index is -3.89. The molecule has 1 amide bonds. The first-order valence-corrected chi connectivity index (χ1v) is 11.0. The normalized spacial score (nSPS) is 11.4. The van der Waals surface area contributed by atoms with E-state index in [2.05, 4.69) is 14.9 Å². The summed E-state index contributed by atoms with van der Waals surface area (Å²) in [5.41, 5.74) is 2.96. The quantitative estimate of drug-likeness (QED) is 0.621. The Hall–Kier alpha value is -2.65. The van der Waals surface area contributed by atoms with Crippen molar-refractivity contribution < 1.29 is 13.2 Å². The Labute approximate surface area is 168 Å². The van der Waals surface area contributed by atoms with Crippen LogP contribution in [0.4, 0.5) is 0 Å². The number of thioether (sulfide) groups is 1. The van der Waals surface area contributed by atoms with Gasteiger partial charge in [-0.05, 0) is 31.5 Å². The lowest BCUT2D eigenvalue weighted by Crippen LogP contribution is -2.32. The molecule has 146 valence electrons. The molecule has 1 N–H and O–H groups in total. The van der Waals surface area contributed by atoms with Crippen molar-refractivity contribution in [1.29, 1.82) is 0 Å². The highest BCUT2D eigenvalue weighted by atomic mass is 32.2. The van der Waals surface area contributed by atoms with Crippen LogP contribution in [0.1, 0.15) is 11.1 Å². The lowest BCUT2D eigenvalue weighted by Gasteiger charge is -2.08. The zero-order chi connectivity index (χ0) is 20.3. The van der Waals surface area contributed by atoms with Crippen molar-refractivity contribution >= 4 is 27.7 Å². The summed E-state index contributed by atoms with van der Waals surface area (Å²) in [6, 6.07) is 14.1. The minimum Gasteiger partial charge on any atom is -0.305 e. The first kappa shape index (κ1) is 20.1. The molecule has 7 nitrogen and oxygen atoms in total. The van der Waals surface area contributed by atoms with Crippen LogP contribution < -0.4 is 4.72 Å². The van der Waals surface area contributed by atoms with E-state index in [-0.39, 0.29) is 10.6 Å². The highest BCUT2D eigenvalue weighted by Gasteiger charge is 2.19. The van der Waals surface area contributed by atoms with Crippen LogP contribution in [0.2, 0.25) is 0 Å². The fraction of sp³-hybridized carbons (Fsp3) is 0.211. The van der Waals surface area contributed by atoms with Gasteiger partial charge < -0.3 is 4.57 Å². The molecule has 9 heteroatoms. The van der Waals surface area contributed by atoms with Gasteiger partial charge in [0.2, 0.25) is 5.91 Å². The fourth-order valence-electron chi connectivity index (χ4n) is 2.58. The van der Waals surface area contributed by atoms with Crippen molar-refractivity contribution in [3.63, 3.8) is 0 Å². The number of sulfonamides is 1. The van der Waals surface area contributed by atoms with E-state index in [4.69, 9.17) is 0 Å². The van der Waals surface area contributed by atoms with Crippen molar-refractivity contribution in [1.82, 2.24) is 19.5 Å². The van der Waals surface area contributed by atoms with Gasteiger partial charge in [-0.1, -0.05) is 53.7 Å². The largest absolute Gasteiger partial charge is 0.305 e. The molecule has 0 radical (unpaired) electrons. The molecule has 0 unspecified atom stereocenters. The van der Waals surface area contributed by atoms with E-state index in [0.29, 0.717) is 11.0 Å². The third kappa shape index (κ3) is 4.42. The molecule has 0 saturated carbocycles. The van der Waals surface area contributed by atoms with E-state index < -0.39 is 15.9 Å². The molecule has 0 aliphatic carbocycles. The van der Waals surface area contributed by atoms with Crippen LogP contribution in [-0.4, -0.2) is 34.8 Å². The SMILES string of the molecule is Cc1ccc(S(=O)(=O)NC(=O)CSc2nnc(-c3ccccc3C)n2C)cc1. The summed E-state index contributed by atoms with van der Waals surface area (Å²) in [5, 5.41) is 8.84. The summed E-state index contributed by atoms with van der Waals surface area (Å²) in [4.78, 5) is 12.2. The van der Waals surface area contributed by atoms with Gasteiger partial charge in [-0.25, -0.2) is 13.1 Å². The van der Waals surface area contributed by atoms with Gasteiger partial charge in [-0.2, -0.15) is 0 Å². The highest BCUT2D eigenvalue weighted by Crippen LogP contribution is 2.25. The predicted octanol–water partition coefficient (Wildman–Crippen LogP) is 2.70. The molecule has 28 heavy (non-hydrogen) atoms. The predicted molar refractivity (Wildman–Crippen MR) is 108 cm³/mol. The molecular weight excluding hydrogens is 396 g/mol. The maximum atomic E-state index is 12.3. The number of nitrogens with one attached hydrogen (secondary N) is 1. The van der Waals surface area contributed by atoms with Crippen molar-refractivity contribution in [3.8, 4) is 11.4 Å². The Morgan fingerprint density at radius 1 is 1.07 bits per heavy atom. The molecule has 0 spiro atoms. The number of benzene rings is 2. The average molecular weight is 417 g/mol. The number of aromatic nitrogens is 3. The molecule has 0 fully saturated rings. The van der Waals surface area contributed by atoms with Crippen LogP contribution in [0.3, 0.4) is 0 Å². The Bertz CT molecular complexity index is 1110. The number of hydrogen-bond acceptors (Lipinski definition) is 6. The number of aryl methyl sites for hydroxylation is 2. The van der Waals surface area contributed by atoms with Gasteiger partial charge in [-0.3, -0.25) is 4.79 Å². The van der Waals surface area contributed by atoms with Crippen LogP contribution in [0.25, 0.3) is 11.4 Å². The molecule has 1 aromatic heterocycles. The molecule has 3 rings (SSSR count). The molecule has 3 aromatic rings. The van der Waals surface area contributed by atoms with Gasteiger partial charge in [0, 0.05) is 12.6 Å². The summed E-state index contributed by atoms with van der Waals surface area (Å²) >= 11 is 1.13. The van der Waals surface area contributed by atoms with Gasteiger partial charge >= 0.3 is 0 Å². The van der Waals surface area contributed by atoms with Crippen molar-refractivity contribution in [3.05, 3.63) is 59.7 Å². The van der Waals surface area contributed by atoms with E-state index >= 15 is 0 Å². The van der Waals surface area contributed by atoms with E-state index in [1.807, 2.05) is 45.2 Å². The van der Waals surface area contributed by atoms with E-state index in [1.54, 1.807) is 16.7 Å². The van der Waals surface area contributed by atoms with E-state index in [1.165, 1.54) is 12.1 Å². The summed E-state index contributed by atoms with van der Waals surface area (Å²) in [5.74, 6) is -0.0236. The summed E-state index contributed by atoms with van der Waals surface area (Å²) in [6.07, 6.45) is 0. The average Bonchev–Trinajstić information content (AvgIpc) is 3.01. The molecule has 0 bridgehead atoms. The monoisotopic (exact) mass is 416 g/mol. The number of nitrogens with zero attached hydrogens (tertiary/aromatic N) is 3. The molecular formula is C19H20N4O3S2. The van der Waals surface area contributed by atoms with Crippen molar-refractivity contribution in [2.75, 3.05) is 5.75 Å². The molecule has 1 heterocycles. The van der Waals surface area contributed by atoms with E-state index in [9.17, 15) is 13.2 Å². The van der Waals surface area contributed by atoms with Crippen molar-refractivity contribution in [2.45, 2.75) is 23.9 Å². The zero-order valence-corrected chi connectivity index (χ0v) is 17.3. The number of hydrogen-bond donors (Lipinski definition) is 1. The van der Waals surface area contributed by atoms with Gasteiger partial charge in [-0.15, -0.1) is 10.2 Å². The van der Waals surface area contributed by atoms with Crippen LogP contribution in [0.5, 0.6) is 0 Å². The Morgan fingerprint density at radius 2 is 1.75 bits per heavy atom. The van der Waals surface area contributed by atoms with Gasteiger partial charge in [0.1, 0.15) is 0 Å². The topological polar surface area (TPSA) is 93.9 Å². The van der Waals surface area contributed by atoms with Crippen LogP contribution >= 0.6 is 11.8 Å². The second-order valence-electron chi connectivity index (χ2n) is 6.31. The number of carbonyl (C=O) groups is 1. The molecule has 0 aliphatic heterocycles. The first-order valence-electron chi connectivity index (χ1n) is 8.48. The maximum absolute atomic E-state index is 12.3. The molecule has 0 saturated heterocycles. The van der Waals surface area contributed by atoms with Gasteiger partial charge in [0.05, 0.1) is 10.6 Å². The van der Waals surface area contributed by atoms with Crippen molar-refractivity contribution in [2.24, 2.45) is 7.05 Å². The Kier molecular flexibility index (Phi) is 5.85. The molecule has 0 aliphatic rings. The molecule has 2 aromatic carbocycles. The summed E-state index contributed by atoms with van der Waals surface area (Å²) < 4.78 is 28.4. The van der Waals surface area contributed by atoms with Crippen LogP contribution in [-0.2, 0) is 21.9 Å². The van der Waals surface area contributed by atoms with Gasteiger partial charge in [0.15, 0.2) is 11.0 Å². The lowest BCUT2D eigenvalue weighted by molar-refractivity contribution is -0.116. The zero-order valence-electron chi connectivity index (χ0n) is 15.7. The first-order chi connectivity index (χ1) is 13.3. The summed E-state index contributed by atoms with van der Waals surface area (Å²) in [7, 11) is -2.08. The third-order valence-electron chi connectivity index (χ3n) is 4.13. The summed E-state index contributed by atoms with van der Waals surface area (Å²) in [6.45, 7) is 3.85. The standard InChI is InChI=1S/C19H20N4O3S2/c1-13-8-10-15(11-9-13)28(25,26)22-17(24)12-27-19-21-20-18(23(19)3)16-7-5-4-6-14(16)2/h4-11H,12H2,1-3H3,(H,22,24). The smallest absolute Gasteiger partial charge is 0.264 e. The van der Waals surface area contributed by atoms with Crippen LogP contribution in [0.15, 0.2) is 58.6 Å². The Balaban J connectivity index is 1.67. The van der Waals surface area contributed by atoms with Gasteiger partial charge in [0.25, 0.3) is 10.0 Å². The Morgan fingerprint density at radius 3 is 2.43 bits per heavy atom. The number of carbonyl (C=O) groups excluding carboxylic acids is 1. The molecule has 0 atom stereocenters. The highest BCUT2D eigenvalue weighted by molar-refractivity contribution is 8.00. The number of amides is 1. The number of rotatable bonds is 6. The third-order valence-corrected chi connectivity index (χ3v) is 6.54.